The van der Waals surface area contributed by atoms with Crippen LogP contribution in [0, 0.1) is 11.8 Å². The molecule has 1 aliphatic heterocycles. The van der Waals surface area contributed by atoms with Crippen LogP contribution in [0.4, 0.5) is 13.2 Å². The average molecular weight is 245 g/mol. The Bertz CT molecular complexity index is 420. The zero-order chi connectivity index (χ0) is 12.4. The molecule has 3 rings (SSSR count). The molecule has 0 aromatic carbocycles. The van der Waals surface area contributed by atoms with E-state index >= 15 is 0 Å². The van der Waals surface area contributed by atoms with Crippen LogP contribution in [-0.4, -0.2) is 29.4 Å². The summed E-state index contributed by atoms with van der Waals surface area (Å²) in [5, 5.41) is 0. The Morgan fingerprint density at radius 2 is 1.53 bits per heavy atom. The lowest BCUT2D eigenvalue weighted by Gasteiger charge is -2.19. The molecule has 1 heterocycles. The standard InChI is InChI=1S/C11H10F3NO2/c12-11(13,14)4-15-9(16)7-5-1-2-6(3-5)8(7)10(15)17/h5-6H,1-4H2. The van der Waals surface area contributed by atoms with E-state index in [0.29, 0.717) is 16.0 Å². The topological polar surface area (TPSA) is 37.4 Å². The van der Waals surface area contributed by atoms with Crippen LogP contribution >= 0.6 is 0 Å². The maximum atomic E-state index is 12.3. The lowest BCUT2D eigenvalue weighted by atomic mass is 9.93. The van der Waals surface area contributed by atoms with Crippen molar-refractivity contribution in [2.45, 2.75) is 25.4 Å². The predicted molar refractivity (Wildman–Crippen MR) is 50.6 cm³/mol. The number of hydrogen-bond acceptors (Lipinski definition) is 2. The number of amides is 2. The van der Waals surface area contributed by atoms with Crippen LogP contribution in [0.5, 0.6) is 0 Å². The van der Waals surface area contributed by atoms with Gasteiger partial charge in [-0.2, -0.15) is 13.2 Å². The molecule has 0 aromatic heterocycles. The fourth-order valence-corrected chi connectivity index (χ4v) is 3.23. The van der Waals surface area contributed by atoms with Gasteiger partial charge in [-0.1, -0.05) is 0 Å². The van der Waals surface area contributed by atoms with Gasteiger partial charge >= 0.3 is 6.18 Å². The first kappa shape index (κ1) is 10.8. The number of imide groups is 1. The molecule has 92 valence electrons. The van der Waals surface area contributed by atoms with Crippen molar-refractivity contribution in [1.82, 2.24) is 4.90 Å². The number of nitrogens with zero attached hydrogens (tertiary/aromatic N) is 1. The van der Waals surface area contributed by atoms with E-state index in [1.165, 1.54) is 0 Å². The molecule has 2 amide bonds. The number of likely N-dealkylation sites (tertiary alicyclic amines) is 1. The number of alkyl halides is 3. The first-order valence-electron chi connectivity index (χ1n) is 5.55. The van der Waals surface area contributed by atoms with Gasteiger partial charge in [-0.3, -0.25) is 14.5 Å². The molecule has 0 N–H and O–H groups in total. The van der Waals surface area contributed by atoms with Crippen molar-refractivity contribution in [1.29, 1.82) is 0 Å². The first-order chi connectivity index (χ1) is 7.88. The van der Waals surface area contributed by atoms with Gasteiger partial charge in [0.1, 0.15) is 6.54 Å². The van der Waals surface area contributed by atoms with Crippen LogP contribution in [0.2, 0.25) is 0 Å². The van der Waals surface area contributed by atoms with Crippen LogP contribution in [-0.2, 0) is 9.59 Å². The molecule has 3 nitrogen and oxygen atoms in total. The Morgan fingerprint density at radius 3 is 1.94 bits per heavy atom. The number of fused-ring (bicyclic) bond motifs is 4. The monoisotopic (exact) mass is 245 g/mol. The zero-order valence-electron chi connectivity index (χ0n) is 8.88. The number of hydrogen-bond donors (Lipinski definition) is 0. The minimum absolute atomic E-state index is 0.0182. The molecule has 2 atom stereocenters. The second kappa shape index (κ2) is 3.11. The first-order valence-corrected chi connectivity index (χ1v) is 5.55. The summed E-state index contributed by atoms with van der Waals surface area (Å²) in [5.74, 6) is -1.39. The van der Waals surface area contributed by atoms with Gasteiger partial charge in [-0.25, -0.2) is 0 Å². The van der Waals surface area contributed by atoms with E-state index in [4.69, 9.17) is 0 Å². The van der Waals surface area contributed by atoms with Crippen molar-refractivity contribution in [3.63, 3.8) is 0 Å². The molecule has 1 saturated carbocycles. The van der Waals surface area contributed by atoms with Gasteiger partial charge in [-0.05, 0) is 31.1 Å². The summed E-state index contributed by atoms with van der Waals surface area (Å²) in [5.41, 5.74) is 0.742. The third-order valence-corrected chi connectivity index (χ3v) is 3.83. The summed E-state index contributed by atoms with van der Waals surface area (Å²) in [6.07, 6.45) is -2.11. The number of rotatable bonds is 1. The third-order valence-electron chi connectivity index (χ3n) is 3.83. The normalized spacial score (nSPS) is 31.8. The lowest BCUT2D eigenvalue weighted by molar-refractivity contribution is -0.165. The SMILES string of the molecule is O=C1C2=C(C(=O)N1CC(F)(F)F)C1CCC2C1. The second-order valence-electron chi connectivity index (χ2n) is 4.85. The summed E-state index contributed by atoms with van der Waals surface area (Å²) in [4.78, 5) is 24.0. The molecule has 6 heteroatoms. The van der Waals surface area contributed by atoms with E-state index in [0.717, 1.165) is 19.3 Å². The maximum Gasteiger partial charge on any atom is 0.406 e. The fourth-order valence-electron chi connectivity index (χ4n) is 3.23. The lowest BCUT2D eigenvalue weighted by Crippen LogP contribution is -2.40. The fraction of sp³-hybridized carbons (Fsp3) is 0.636. The van der Waals surface area contributed by atoms with E-state index in [9.17, 15) is 22.8 Å². The van der Waals surface area contributed by atoms with E-state index in [2.05, 4.69) is 0 Å². The van der Waals surface area contributed by atoms with Crippen LogP contribution in [0.25, 0.3) is 0 Å². The molecule has 1 fully saturated rings. The summed E-state index contributed by atoms with van der Waals surface area (Å²) in [6, 6.07) is 0. The summed E-state index contributed by atoms with van der Waals surface area (Å²) in [6.45, 7) is -1.46. The highest BCUT2D eigenvalue weighted by Crippen LogP contribution is 2.52. The molecular weight excluding hydrogens is 235 g/mol. The largest absolute Gasteiger partial charge is 0.406 e. The average Bonchev–Trinajstić information content (AvgIpc) is 2.86. The van der Waals surface area contributed by atoms with E-state index in [1.807, 2.05) is 0 Å². The smallest absolute Gasteiger partial charge is 0.269 e. The number of carbonyl (C=O) groups excluding carboxylic acids is 2. The second-order valence-corrected chi connectivity index (χ2v) is 4.85. The summed E-state index contributed by atoms with van der Waals surface area (Å²) < 4.78 is 36.8. The minimum atomic E-state index is -4.52. The summed E-state index contributed by atoms with van der Waals surface area (Å²) in [7, 11) is 0. The van der Waals surface area contributed by atoms with E-state index in [1.54, 1.807) is 0 Å². The van der Waals surface area contributed by atoms with E-state index in [-0.39, 0.29) is 11.8 Å². The Morgan fingerprint density at radius 1 is 1.06 bits per heavy atom. The van der Waals surface area contributed by atoms with Crippen LogP contribution in [0.1, 0.15) is 19.3 Å². The molecule has 2 unspecified atom stereocenters. The highest BCUT2D eigenvalue weighted by molar-refractivity contribution is 6.20. The van der Waals surface area contributed by atoms with E-state index < -0.39 is 24.5 Å². The van der Waals surface area contributed by atoms with Crippen molar-refractivity contribution in [3.8, 4) is 0 Å². The summed E-state index contributed by atoms with van der Waals surface area (Å²) >= 11 is 0. The Labute approximate surface area is 95.3 Å². The highest BCUT2D eigenvalue weighted by Gasteiger charge is 2.53. The molecule has 3 aliphatic rings. The molecular formula is C11H10F3NO2. The zero-order valence-corrected chi connectivity index (χ0v) is 8.88. The van der Waals surface area contributed by atoms with Crippen molar-refractivity contribution >= 4 is 11.8 Å². The maximum absolute atomic E-state index is 12.3. The molecule has 2 bridgehead atoms. The van der Waals surface area contributed by atoms with Crippen molar-refractivity contribution in [2.24, 2.45) is 11.8 Å². The Balaban J connectivity index is 1.91. The number of carbonyl (C=O) groups is 2. The van der Waals surface area contributed by atoms with Crippen LogP contribution in [0.3, 0.4) is 0 Å². The Hall–Kier alpha value is -1.33. The van der Waals surface area contributed by atoms with Gasteiger partial charge in [0.25, 0.3) is 11.8 Å². The van der Waals surface area contributed by atoms with Crippen molar-refractivity contribution < 1.29 is 22.8 Å². The van der Waals surface area contributed by atoms with Gasteiger partial charge in [0, 0.05) is 11.1 Å². The van der Waals surface area contributed by atoms with Gasteiger partial charge in [0.2, 0.25) is 0 Å². The molecule has 0 aromatic rings. The van der Waals surface area contributed by atoms with Gasteiger partial charge < -0.3 is 0 Å². The van der Waals surface area contributed by atoms with Crippen molar-refractivity contribution in [2.75, 3.05) is 6.54 Å². The molecule has 0 spiro atoms. The van der Waals surface area contributed by atoms with Crippen LogP contribution in [0.15, 0.2) is 11.1 Å². The molecule has 0 radical (unpaired) electrons. The Kier molecular flexibility index (Phi) is 1.98. The molecule has 2 aliphatic carbocycles. The van der Waals surface area contributed by atoms with Gasteiger partial charge in [0.15, 0.2) is 0 Å². The van der Waals surface area contributed by atoms with Crippen molar-refractivity contribution in [3.05, 3.63) is 11.1 Å². The quantitative estimate of drug-likeness (QED) is 0.659. The minimum Gasteiger partial charge on any atom is -0.269 e. The van der Waals surface area contributed by atoms with Crippen LogP contribution < -0.4 is 0 Å². The molecule has 0 saturated heterocycles. The molecule has 17 heavy (non-hydrogen) atoms. The van der Waals surface area contributed by atoms with Gasteiger partial charge in [-0.15, -0.1) is 0 Å². The highest BCUT2D eigenvalue weighted by atomic mass is 19.4. The van der Waals surface area contributed by atoms with Gasteiger partial charge in [0.05, 0.1) is 0 Å². The predicted octanol–water partition coefficient (Wildman–Crippen LogP) is 1.64. The number of halogens is 3. The third kappa shape index (κ3) is 1.42.